The number of aryl methyl sites for hydroxylation is 1. The molecule has 3 heterocycles. The monoisotopic (exact) mass is 431 g/mol. The fourth-order valence-corrected chi connectivity index (χ4v) is 4.91. The van der Waals surface area contributed by atoms with Gasteiger partial charge in [0.15, 0.2) is 5.03 Å². The fraction of sp³-hybridized carbons (Fsp3) is 0.471. The van der Waals surface area contributed by atoms with Gasteiger partial charge in [-0.05, 0) is 18.9 Å². The third kappa shape index (κ3) is 4.42. The summed E-state index contributed by atoms with van der Waals surface area (Å²) in [4.78, 5) is 19.0. The molecule has 2 aromatic heterocycles. The minimum absolute atomic E-state index is 0.0147. The molecule has 1 atom stereocenters. The minimum Gasteiger partial charge on any atom is -0.352 e. The predicted molar refractivity (Wildman–Crippen MR) is 95.8 cm³/mol. The van der Waals surface area contributed by atoms with Crippen LogP contribution in [0.25, 0.3) is 0 Å². The Morgan fingerprint density at radius 1 is 1.34 bits per heavy atom. The van der Waals surface area contributed by atoms with Gasteiger partial charge < -0.3 is 9.88 Å². The van der Waals surface area contributed by atoms with Crippen LogP contribution in [0.1, 0.15) is 42.6 Å². The molecule has 1 aliphatic heterocycles. The number of nitrogens with zero attached hydrogens (tertiary/aromatic N) is 4. The molecule has 158 valence electrons. The van der Waals surface area contributed by atoms with Crippen LogP contribution in [0.3, 0.4) is 0 Å². The Kier molecular flexibility index (Phi) is 5.68. The smallest absolute Gasteiger partial charge is 0.352 e. The Balaban J connectivity index is 1.97. The van der Waals surface area contributed by atoms with Crippen molar-refractivity contribution in [1.82, 2.24) is 24.2 Å². The summed E-state index contributed by atoms with van der Waals surface area (Å²) in [6.45, 7) is 1.05. The summed E-state index contributed by atoms with van der Waals surface area (Å²) in [6.07, 6.45) is -0.105. The third-order valence-corrected chi connectivity index (χ3v) is 6.43. The number of alkyl halides is 3. The molecule has 29 heavy (non-hydrogen) atoms. The van der Waals surface area contributed by atoms with Gasteiger partial charge in [-0.25, -0.2) is 13.4 Å². The number of nitrogens with one attached hydrogen (secondary N) is 1. The Morgan fingerprint density at radius 2 is 2.07 bits per heavy atom. The van der Waals surface area contributed by atoms with E-state index in [9.17, 15) is 26.4 Å². The number of sulfonamides is 1. The highest BCUT2D eigenvalue weighted by atomic mass is 32.2. The van der Waals surface area contributed by atoms with Crippen LogP contribution in [0.2, 0.25) is 0 Å². The lowest BCUT2D eigenvalue weighted by Crippen LogP contribution is -2.31. The number of amides is 1. The van der Waals surface area contributed by atoms with Gasteiger partial charge in [-0.3, -0.25) is 9.78 Å². The highest BCUT2D eigenvalue weighted by Crippen LogP contribution is 2.38. The van der Waals surface area contributed by atoms with Gasteiger partial charge in [0.05, 0.1) is 23.6 Å². The van der Waals surface area contributed by atoms with Crippen LogP contribution in [0.5, 0.6) is 0 Å². The number of carbonyl (C=O) groups is 1. The zero-order valence-corrected chi connectivity index (χ0v) is 16.6. The van der Waals surface area contributed by atoms with Crippen LogP contribution < -0.4 is 5.32 Å². The van der Waals surface area contributed by atoms with Crippen molar-refractivity contribution in [1.29, 1.82) is 0 Å². The van der Waals surface area contributed by atoms with Gasteiger partial charge in [-0.15, -0.1) is 0 Å². The van der Waals surface area contributed by atoms with E-state index in [1.165, 1.54) is 24.0 Å². The zero-order chi connectivity index (χ0) is 21.4. The van der Waals surface area contributed by atoms with Crippen molar-refractivity contribution in [3.05, 3.63) is 41.6 Å². The molecule has 3 rings (SSSR count). The quantitative estimate of drug-likeness (QED) is 0.781. The first-order valence-electron chi connectivity index (χ1n) is 8.80. The molecule has 8 nitrogen and oxygen atoms in total. The number of rotatable bonds is 5. The molecule has 0 aromatic carbocycles. The van der Waals surface area contributed by atoms with Gasteiger partial charge in [0.25, 0.3) is 10.0 Å². The summed E-state index contributed by atoms with van der Waals surface area (Å²) in [5.41, 5.74) is -1.12. The lowest BCUT2D eigenvalue weighted by Gasteiger charge is -2.24. The van der Waals surface area contributed by atoms with E-state index in [4.69, 9.17) is 0 Å². The molecule has 1 saturated heterocycles. The molecule has 1 unspecified atom stereocenters. The Labute approximate surface area is 165 Å². The molecule has 2 aromatic rings. The molecule has 12 heteroatoms. The SMILES string of the molecule is CC(=O)NCc1cnc(C2CCCN2S(=O)(=O)c2cn(C)cn2)cc1C(F)(F)F. The van der Waals surface area contributed by atoms with E-state index in [2.05, 4.69) is 15.3 Å². The van der Waals surface area contributed by atoms with Crippen LogP contribution in [0.4, 0.5) is 13.2 Å². The van der Waals surface area contributed by atoms with Gasteiger partial charge in [0, 0.05) is 45.0 Å². The summed E-state index contributed by atoms with van der Waals surface area (Å²) in [7, 11) is -2.35. The summed E-state index contributed by atoms with van der Waals surface area (Å²) in [6, 6.07) is 0.0478. The van der Waals surface area contributed by atoms with Crippen LogP contribution >= 0.6 is 0 Å². The summed E-state index contributed by atoms with van der Waals surface area (Å²) in [5, 5.41) is 2.16. The molecule has 0 spiro atoms. The molecule has 0 bridgehead atoms. The predicted octanol–water partition coefficient (Wildman–Crippen LogP) is 2.00. The average molecular weight is 431 g/mol. The summed E-state index contributed by atoms with van der Waals surface area (Å²) < 4.78 is 69.1. The summed E-state index contributed by atoms with van der Waals surface area (Å²) >= 11 is 0. The maximum atomic E-state index is 13.6. The van der Waals surface area contributed by atoms with Crippen molar-refractivity contribution in [2.24, 2.45) is 7.05 Å². The lowest BCUT2D eigenvalue weighted by molar-refractivity contribution is -0.138. The third-order valence-electron chi connectivity index (χ3n) is 4.64. The van der Waals surface area contributed by atoms with Gasteiger partial charge in [-0.1, -0.05) is 0 Å². The molecule has 1 N–H and O–H groups in total. The molecule has 1 fully saturated rings. The molecular weight excluding hydrogens is 411 g/mol. The largest absolute Gasteiger partial charge is 0.416 e. The van der Waals surface area contributed by atoms with Gasteiger partial charge >= 0.3 is 6.18 Å². The van der Waals surface area contributed by atoms with Crippen molar-refractivity contribution in [3.63, 3.8) is 0 Å². The normalized spacial score (nSPS) is 18.2. The zero-order valence-electron chi connectivity index (χ0n) is 15.8. The van der Waals surface area contributed by atoms with Gasteiger partial charge in [0.1, 0.15) is 0 Å². The van der Waals surface area contributed by atoms with Gasteiger partial charge in [0.2, 0.25) is 5.91 Å². The first kappa shape index (κ1) is 21.2. The minimum atomic E-state index is -4.67. The van der Waals surface area contributed by atoms with Crippen LogP contribution in [0, 0.1) is 0 Å². The first-order valence-corrected chi connectivity index (χ1v) is 10.2. The number of carbonyl (C=O) groups excluding carboxylic acids is 1. The van der Waals surface area contributed by atoms with Gasteiger partial charge in [-0.2, -0.15) is 17.5 Å². The Hall–Kier alpha value is -2.47. The highest BCUT2D eigenvalue weighted by Gasteiger charge is 2.40. The van der Waals surface area contributed by atoms with Crippen molar-refractivity contribution in [3.8, 4) is 0 Å². The average Bonchev–Trinajstić information content (AvgIpc) is 3.28. The van der Waals surface area contributed by atoms with Crippen LogP contribution in [-0.2, 0) is 34.6 Å². The van der Waals surface area contributed by atoms with E-state index in [1.807, 2.05) is 0 Å². The van der Waals surface area contributed by atoms with E-state index < -0.39 is 33.7 Å². The number of hydrogen-bond donors (Lipinski definition) is 1. The van der Waals surface area contributed by atoms with E-state index >= 15 is 0 Å². The Morgan fingerprint density at radius 3 is 2.66 bits per heavy atom. The van der Waals surface area contributed by atoms with Crippen molar-refractivity contribution < 1.29 is 26.4 Å². The maximum absolute atomic E-state index is 13.6. The molecule has 0 saturated carbocycles. The first-order chi connectivity index (χ1) is 13.5. The van der Waals surface area contributed by atoms with Crippen LogP contribution in [0.15, 0.2) is 29.8 Å². The number of pyridine rings is 1. The molecule has 1 amide bonds. The van der Waals surface area contributed by atoms with Crippen molar-refractivity contribution in [2.75, 3.05) is 6.54 Å². The second-order valence-corrected chi connectivity index (χ2v) is 8.66. The highest BCUT2D eigenvalue weighted by molar-refractivity contribution is 7.89. The molecular formula is C17H20F3N5O3S. The van der Waals surface area contributed by atoms with Crippen molar-refractivity contribution >= 4 is 15.9 Å². The number of halogens is 3. The van der Waals surface area contributed by atoms with E-state index in [1.54, 1.807) is 7.05 Å². The van der Waals surface area contributed by atoms with E-state index in [0.717, 1.165) is 16.6 Å². The van der Waals surface area contributed by atoms with E-state index in [-0.39, 0.29) is 29.4 Å². The fourth-order valence-electron chi connectivity index (χ4n) is 3.27. The number of aromatic nitrogens is 3. The molecule has 0 radical (unpaired) electrons. The molecule has 0 aliphatic carbocycles. The maximum Gasteiger partial charge on any atom is 0.416 e. The van der Waals surface area contributed by atoms with E-state index in [0.29, 0.717) is 12.8 Å². The number of imidazole rings is 1. The number of hydrogen-bond acceptors (Lipinski definition) is 5. The second kappa shape index (κ2) is 7.75. The summed E-state index contributed by atoms with van der Waals surface area (Å²) in [5.74, 6) is -0.467. The topological polar surface area (TPSA) is 97.2 Å². The standard InChI is InChI=1S/C17H20F3N5O3S/c1-11(26)21-7-12-8-22-14(6-13(12)17(18,19)20)15-4-3-5-25(15)29(27,28)16-9-24(2)10-23-16/h6,8-10,15H,3-5,7H2,1-2H3,(H,21,26). The Bertz CT molecular complexity index is 1020. The molecule has 1 aliphatic rings. The van der Waals surface area contributed by atoms with Crippen LogP contribution in [-0.4, -0.2) is 39.7 Å². The lowest BCUT2D eigenvalue weighted by atomic mass is 10.0. The second-order valence-electron chi connectivity index (χ2n) is 6.82. The van der Waals surface area contributed by atoms with Crippen molar-refractivity contribution in [2.45, 2.75) is 43.6 Å².